The summed E-state index contributed by atoms with van der Waals surface area (Å²) in [4.78, 5) is 36.6. The minimum Gasteiger partial charge on any atom is -0.321 e. The third-order valence-electron chi connectivity index (χ3n) is 4.29. The minimum absolute atomic E-state index is 0.0705. The van der Waals surface area contributed by atoms with Gasteiger partial charge in [-0.15, -0.1) is 0 Å². The molecule has 0 spiro atoms. The van der Waals surface area contributed by atoms with Crippen LogP contribution in [0.2, 0.25) is 5.02 Å². The molecule has 4 aromatic rings. The highest BCUT2D eigenvalue weighted by Gasteiger charge is 2.19. The van der Waals surface area contributed by atoms with E-state index in [1.165, 1.54) is 24.5 Å². The zero-order valence-electron chi connectivity index (χ0n) is 14.6. The van der Waals surface area contributed by atoms with E-state index in [0.29, 0.717) is 21.8 Å². The van der Waals surface area contributed by atoms with Crippen molar-refractivity contribution in [2.75, 3.05) is 0 Å². The molecule has 0 atom stereocenters. The average Bonchev–Trinajstić information content (AvgIpc) is 2.72. The van der Waals surface area contributed by atoms with Gasteiger partial charge >= 0.3 is 0 Å². The van der Waals surface area contributed by atoms with Gasteiger partial charge in [0.1, 0.15) is 0 Å². The lowest BCUT2D eigenvalue weighted by Crippen LogP contribution is -2.18. The van der Waals surface area contributed by atoms with Crippen LogP contribution in [0.5, 0.6) is 0 Å². The molecule has 2 aromatic heterocycles. The van der Waals surface area contributed by atoms with Gasteiger partial charge in [0.05, 0.1) is 17.5 Å². The number of fused-ring (bicyclic) bond motifs is 1. The topological polar surface area (TPSA) is 75.7 Å². The van der Waals surface area contributed by atoms with Gasteiger partial charge in [-0.1, -0.05) is 41.9 Å². The Balaban J connectivity index is 1.92. The van der Waals surface area contributed by atoms with Crippen molar-refractivity contribution in [3.05, 3.63) is 99.8 Å². The molecule has 4 rings (SSSR count). The Morgan fingerprint density at radius 2 is 1.82 bits per heavy atom. The van der Waals surface area contributed by atoms with Crippen LogP contribution in [0.15, 0.2) is 78.0 Å². The Bertz CT molecular complexity index is 1250. The summed E-state index contributed by atoms with van der Waals surface area (Å²) in [6.07, 6.45) is 7.49. The maximum atomic E-state index is 13.0. The second-order valence-corrected chi connectivity index (χ2v) is 6.52. The number of carbonyl (C=O) groups excluding carboxylic acids is 1. The second kappa shape index (κ2) is 7.58. The number of para-hydroxylation sites is 1. The Morgan fingerprint density at radius 3 is 2.57 bits per heavy atom. The third kappa shape index (κ3) is 3.48. The maximum Gasteiger partial charge on any atom is 0.260 e. The van der Waals surface area contributed by atoms with E-state index in [1.54, 1.807) is 36.5 Å². The van der Waals surface area contributed by atoms with Crippen LogP contribution in [0.4, 0.5) is 0 Å². The van der Waals surface area contributed by atoms with Crippen LogP contribution in [0.3, 0.4) is 0 Å². The molecule has 1 N–H and O–H groups in total. The number of hydrogen-bond acceptors (Lipinski definition) is 4. The number of halogens is 1. The Kier molecular flexibility index (Phi) is 4.83. The molecule has 0 aliphatic heterocycles. The molecule has 2 aromatic carbocycles. The van der Waals surface area contributed by atoms with Crippen molar-refractivity contribution >= 4 is 34.4 Å². The quantitative estimate of drug-likeness (QED) is 0.412. The molecule has 5 nitrogen and oxygen atoms in total. The third-order valence-corrected chi connectivity index (χ3v) is 4.54. The number of benzene rings is 2. The molecule has 0 bridgehead atoms. The van der Waals surface area contributed by atoms with Crippen molar-refractivity contribution in [2.24, 2.45) is 0 Å². The molecule has 0 unspecified atom stereocenters. The Hall–Kier alpha value is -3.57. The van der Waals surface area contributed by atoms with Crippen LogP contribution in [0, 0.1) is 0 Å². The molecule has 28 heavy (non-hydrogen) atoms. The molecular formula is C22H14ClN3O2. The number of allylic oxidation sites excluding steroid dienone is 1. The van der Waals surface area contributed by atoms with Crippen LogP contribution >= 0.6 is 11.6 Å². The van der Waals surface area contributed by atoms with Gasteiger partial charge in [0, 0.05) is 33.9 Å². The van der Waals surface area contributed by atoms with Crippen LogP contribution < -0.4 is 5.56 Å². The molecule has 6 heteroatoms. The molecule has 0 aliphatic carbocycles. The lowest BCUT2D eigenvalue weighted by Gasteiger charge is -2.11. The second-order valence-electron chi connectivity index (χ2n) is 6.08. The van der Waals surface area contributed by atoms with E-state index in [2.05, 4.69) is 15.0 Å². The lowest BCUT2D eigenvalue weighted by molar-refractivity contribution is 0.104. The highest BCUT2D eigenvalue weighted by atomic mass is 35.5. The Labute approximate surface area is 165 Å². The van der Waals surface area contributed by atoms with Gasteiger partial charge in [-0.3, -0.25) is 19.6 Å². The molecule has 0 saturated carbocycles. The molecule has 0 fully saturated rings. The summed E-state index contributed by atoms with van der Waals surface area (Å²) in [6, 6.07) is 14.4. The van der Waals surface area contributed by atoms with Gasteiger partial charge in [-0.25, -0.2) is 0 Å². The fraction of sp³-hybridized carbons (Fsp3) is 0. The van der Waals surface area contributed by atoms with Gasteiger partial charge in [0.25, 0.3) is 5.56 Å². The standard InChI is InChI=1S/C22H14ClN3O2/c23-15-7-5-14(6-8-15)20-17-3-1-2-4-18(17)26-22(28)21(20)19(27)10-9-16-13-24-11-12-25-16/h1-13H,(H,26,28)/b10-9+. The largest absolute Gasteiger partial charge is 0.321 e. The van der Waals surface area contributed by atoms with E-state index < -0.39 is 11.3 Å². The molecule has 0 radical (unpaired) electrons. The summed E-state index contributed by atoms with van der Waals surface area (Å²) in [6.45, 7) is 0. The first-order chi connectivity index (χ1) is 13.6. The molecule has 0 aliphatic rings. The fourth-order valence-corrected chi connectivity index (χ4v) is 3.16. The van der Waals surface area contributed by atoms with Crippen LogP contribution in [0.1, 0.15) is 16.1 Å². The first-order valence-electron chi connectivity index (χ1n) is 8.53. The smallest absolute Gasteiger partial charge is 0.260 e. The van der Waals surface area contributed by atoms with E-state index in [1.807, 2.05) is 18.2 Å². The highest BCUT2D eigenvalue weighted by molar-refractivity contribution is 6.30. The highest BCUT2D eigenvalue weighted by Crippen LogP contribution is 2.30. The summed E-state index contributed by atoms with van der Waals surface area (Å²) in [5.41, 5.74) is 2.12. The zero-order chi connectivity index (χ0) is 19.5. The van der Waals surface area contributed by atoms with E-state index >= 15 is 0 Å². The van der Waals surface area contributed by atoms with E-state index in [0.717, 1.165) is 10.9 Å². The number of nitrogens with zero attached hydrogens (tertiary/aromatic N) is 2. The zero-order valence-corrected chi connectivity index (χ0v) is 15.4. The van der Waals surface area contributed by atoms with Gasteiger partial charge in [0.15, 0.2) is 5.78 Å². The number of aromatic amines is 1. The first kappa shape index (κ1) is 17.8. The number of H-pyrrole nitrogens is 1. The number of carbonyl (C=O) groups is 1. The maximum absolute atomic E-state index is 13.0. The van der Waals surface area contributed by atoms with Crippen molar-refractivity contribution in [1.82, 2.24) is 15.0 Å². The SMILES string of the molecule is O=C(/C=C/c1cnccn1)c1c(-c2ccc(Cl)cc2)c2ccccc2[nH]c1=O. The van der Waals surface area contributed by atoms with Gasteiger partial charge < -0.3 is 4.98 Å². The number of ketones is 1. The first-order valence-corrected chi connectivity index (χ1v) is 8.90. The summed E-state index contributed by atoms with van der Waals surface area (Å²) >= 11 is 6.01. The van der Waals surface area contributed by atoms with Crippen molar-refractivity contribution in [1.29, 1.82) is 0 Å². The van der Waals surface area contributed by atoms with E-state index in [9.17, 15) is 9.59 Å². The van der Waals surface area contributed by atoms with Crippen molar-refractivity contribution in [3.8, 4) is 11.1 Å². The van der Waals surface area contributed by atoms with Crippen LogP contribution in [0.25, 0.3) is 28.1 Å². The van der Waals surface area contributed by atoms with Crippen molar-refractivity contribution in [2.45, 2.75) is 0 Å². The molecule has 0 amide bonds. The molecule has 2 heterocycles. The number of rotatable bonds is 4. The van der Waals surface area contributed by atoms with E-state index in [4.69, 9.17) is 11.6 Å². The molecule has 136 valence electrons. The lowest BCUT2D eigenvalue weighted by atomic mass is 9.94. The molecular weight excluding hydrogens is 374 g/mol. The van der Waals surface area contributed by atoms with Gasteiger partial charge in [-0.05, 0) is 35.9 Å². The summed E-state index contributed by atoms with van der Waals surface area (Å²) < 4.78 is 0. The predicted octanol–water partition coefficient (Wildman–Crippen LogP) is 4.53. The number of aromatic nitrogens is 3. The monoisotopic (exact) mass is 387 g/mol. The predicted molar refractivity (Wildman–Crippen MR) is 110 cm³/mol. The van der Waals surface area contributed by atoms with Gasteiger partial charge in [0.2, 0.25) is 0 Å². The Morgan fingerprint density at radius 1 is 1.04 bits per heavy atom. The fourth-order valence-electron chi connectivity index (χ4n) is 3.04. The minimum atomic E-state index is -0.447. The average molecular weight is 388 g/mol. The summed E-state index contributed by atoms with van der Waals surface area (Å²) in [7, 11) is 0. The number of hydrogen-bond donors (Lipinski definition) is 1. The normalized spacial score (nSPS) is 11.2. The summed E-state index contributed by atoms with van der Waals surface area (Å²) in [5, 5.41) is 1.36. The number of pyridine rings is 1. The van der Waals surface area contributed by atoms with E-state index in [-0.39, 0.29) is 5.56 Å². The number of nitrogens with one attached hydrogen (secondary N) is 1. The van der Waals surface area contributed by atoms with Crippen LogP contribution in [-0.2, 0) is 0 Å². The van der Waals surface area contributed by atoms with Crippen molar-refractivity contribution in [3.63, 3.8) is 0 Å². The van der Waals surface area contributed by atoms with Gasteiger partial charge in [-0.2, -0.15) is 0 Å². The molecule has 0 saturated heterocycles. The van der Waals surface area contributed by atoms with Crippen LogP contribution in [-0.4, -0.2) is 20.7 Å². The van der Waals surface area contributed by atoms with Crippen molar-refractivity contribution < 1.29 is 4.79 Å². The summed E-state index contributed by atoms with van der Waals surface area (Å²) in [5.74, 6) is -0.414.